The lowest BCUT2D eigenvalue weighted by molar-refractivity contribution is 0.690. The molecule has 0 saturated heterocycles. The Morgan fingerprint density at radius 1 is 1.00 bits per heavy atom. The number of allylic oxidation sites excluding steroid dienone is 1. The fourth-order valence-electron chi connectivity index (χ4n) is 2.38. The number of benzene rings is 2. The molecule has 0 N–H and O–H groups in total. The Kier molecular flexibility index (Phi) is 5.72. The van der Waals surface area contributed by atoms with Gasteiger partial charge in [0.15, 0.2) is 5.16 Å². The Morgan fingerprint density at radius 3 is 2.46 bits per heavy atom. The molecule has 0 unspecified atom stereocenters. The second-order valence-corrected chi connectivity index (χ2v) is 6.75. The summed E-state index contributed by atoms with van der Waals surface area (Å²) in [5.74, 6) is 1.79. The lowest BCUT2D eigenvalue weighted by atomic mass is 10.1. The molecule has 0 radical (unpaired) electrons. The maximum absolute atomic E-state index is 5.93. The molecule has 1 aromatic heterocycles. The molecule has 0 spiro atoms. The number of aromatic nitrogens is 3. The highest BCUT2D eigenvalue weighted by molar-refractivity contribution is 7.98. The first-order valence-corrected chi connectivity index (χ1v) is 9.07. The third kappa shape index (κ3) is 4.28. The number of hydrogen-bond acceptors (Lipinski definition) is 3. The van der Waals surface area contributed by atoms with E-state index in [0.717, 1.165) is 28.2 Å². The number of rotatable bonds is 7. The summed E-state index contributed by atoms with van der Waals surface area (Å²) >= 11 is 7.61. The van der Waals surface area contributed by atoms with Crippen molar-refractivity contribution >= 4 is 23.4 Å². The first kappa shape index (κ1) is 16.8. The minimum atomic E-state index is 0.706. The lowest BCUT2D eigenvalue weighted by Gasteiger charge is -2.08. The number of hydrogen-bond donors (Lipinski definition) is 0. The molecule has 0 saturated carbocycles. The SMILES string of the molecule is C=CCn1c(Cc2ccccc2)nnc1SCc1ccc(Cl)cc1. The van der Waals surface area contributed by atoms with Crippen LogP contribution in [0.1, 0.15) is 17.0 Å². The van der Waals surface area contributed by atoms with Crippen molar-refractivity contribution in [3.63, 3.8) is 0 Å². The predicted octanol–water partition coefficient (Wildman–Crippen LogP) is 5.00. The van der Waals surface area contributed by atoms with Crippen molar-refractivity contribution in [2.45, 2.75) is 23.9 Å². The molecule has 0 bridgehead atoms. The third-order valence-corrected chi connectivity index (χ3v) is 4.88. The standard InChI is InChI=1S/C19H18ClN3S/c1-2-12-23-18(13-15-6-4-3-5-7-15)21-22-19(23)24-14-16-8-10-17(20)11-9-16/h2-11H,1,12-14H2. The van der Waals surface area contributed by atoms with E-state index < -0.39 is 0 Å². The smallest absolute Gasteiger partial charge is 0.191 e. The van der Waals surface area contributed by atoms with Gasteiger partial charge in [0.1, 0.15) is 5.82 Å². The molecule has 122 valence electrons. The summed E-state index contributed by atoms with van der Waals surface area (Å²) in [7, 11) is 0. The van der Waals surface area contributed by atoms with E-state index in [2.05, 4.69) is 33.5 Å². The van der Waals surface area contributed by atoms with Crippen LogP contribution in [0.4, 0.5) is 0 Å². The highest BCUT2D eigenvalue weighted by Crippen LogP contribution is 2.23. The van der Waals surface area contributed by atoms with Crippen LogP contribution in [0.3, 0.4) is 0 Å². The Balaban J connectivity index is 1.75. The van der Waals surface area contributed by atoms with Crippen LogP contribution in [0, 0.1) is 0 Å². The monoisotopic (exact) mass is 355 g/mol. The van der Waals surface area contributed by atoms with Crippen molar-refractivity contribution in [3.8, 4) is 0 Å². The molecule has 5 heteroatoms. The molecule has 2 aromatic carbocycles. The van der Waals surface area contributed by atoms with Crippen LogP contribution in [0.25, 0.3) is 0 Å². The molecule has 3 nitrogen and oxygen atoms in total. The largest absolute Gasteiger partial charge is 0.302 e. The molecule has 1 heterocycles. The summed E-state index contributed by atoms with van der Waals surface area (Å²) in [6.45, 7) is 4.56. The summed E-state index contributed by atoms with van der Waals surface area (Å²) in [4.78, 5) is 0. The molecule has 0 aliphatic carbocycles. The second-order valence-electron chi connectivity index (χ2n) is 5.38. The highest BCUT2D eigenvalue weighted by Gasteiger charge is 2.12. The van der Waals surface area contributed by atoms with Crippen molar-refractivity contribution < 1.29 is 0 Å². The number of thioether (sulfide) groups is 1. The molecule has 0 amide bonds. The molecule has 0 aliphatic rings. The Hall–Kier alpha value is -2.04. The van der Waals surface area contributed by atoms with Crippen molar-refractivity contribution in [2.24, 2.45) is 0 Å². The van der Waals surface area contributed by atoms with Gasteiger partial charge in [-0.1, -0.05) is 71.9 Å². The average Bonchev–Trinajstić information content (AvgIpc) is 2.98. The molecule has 3 aromatic rings. The van der Waals surface area contributed by atoms with Gasteiger partial charge < -0.3 is 4.57 Å². The quantitative estimate of drug-likeness (QED) is 0.441. The van der Waals surface area contributed by atoms with Gasteiger partial charge in [0.25, 0.3) is 0 Å². The zero-order valence-corrected chi connectivity index (χ0v) is 14.8. The maximum atomic E-state index is 5.93. The van der Waals surface area contributed by atoms with Crippen LogP contribution in [0.5, 0.6) is 0 Å². The second kappa shape index (κ2) is 8.18. The van der Waals surface area contributed by atoms with Crippen molar-refractivity contribution in [2.75, 3.05) is 0 Å². The Labute approximate surface area is 151 Å². The van der Waals surface area contributed by atoms with Gasteiger partial charge >= 0.3 is 0 Å². The minimum Gasteiger partial charge on any atom is -0.302 e. The third-order valence-electron chi connectivity index (χ3n) is 3.59. The molecule has 24 heavy (non-hydrogen) atoms. The van der Waals surface area contributed by atoms with Gasteiger partial charge in [0, 0.05) is 23.7 Å². The van der Waals surface area contributed by atoms with Gasteiger partial charge in [-0.3, -0.25) is 0 Å². The van der Waals surface area contributed by atoms with Gasteiger partial charge in [-0.15, -0.1) is 16.8 Å². The fourth-order valence-corrected chi connectivity index (χ4v) is 3.42. The average molecular weight is 356 g/mol. The Morgan fingerprint density at radius 2 is 1.75 bits per heavy atom. The molecule has 0 aliphatic heterocycles. The van der Waals surface area contributed by atoms with Crippen molar-refractivity contribution in [1.82, 2.24) is 14.8 Å². The van der Waals surface area contributed by atoms with Crippen LogP contribution in [-0.2, 0) is 18.7 Å². The van der Waals surface area contributed by atoms with Gasteiger partial charge in [0.05, 0.1) is 0 Å². The number of nitrogens with zero attached hydrogens (tertiary/aromatic N) is 3. The Bertz CT molecular complexity index is 797. The van der Waals surface area contributed by atoms with E-state index in [0.29, 0.717) is 6.54 Å². The maximum Gasteiger partial charge on any atom is 0.191 e. The minimum absolute atomic E-state index is 0.706. The summed E-state index contributed by atoms with van der Waals surface area (Å²) in [6.07, 6.45) is 2.65. The topological polar surface area (TPSA) is 30.7 Å². The highest BCUT2D eigenvalue weighted by atomic mass is 35.5. The molecule has 3 rings (SSSR count). The van der Waals surface area contributed by atoms with E-state index in [-0.39, 0.29) is 0 Å². The zero-order valence-electron chi connectivity index (χ0n) is 13.2. The van der Waals surface area contributed by atoms with Gasteiger partial charge in [-0.2, -0.15) is 0 Å². The van der Waals surface area contributed by atoms with Crippen LogP contribution in [-0.4, -0.2) is 14.8 Å². The van der Waals surface area contributed by atoms with E-state index in [4.69, 9.17) is 11.6 Å². The van der Waals surface area contributed by atoms with Gasteiger partial charge in [-0.25, -0.2) is 0 Å². The van der Waals surface area contributed by atoms with Crippen LogP contribution in [0.15, 0.2) is 72.4 Å². The summed E-state index contributed by atoms with van der Waals surface area (Å²) in [5.41, 5.74) is 2.44. The van der Waals surface area contributed by atoms with Crippen molar-refractivity contribution in [1.29, 1.82) is 0 Å². The summed E-state index contributed by atoms with van der Waals surface area (Å²) in [5, 5.41) is 10.4. The normalized spacial score (nSPS) is 10.7. The first-order chi connectivity index (χ1) is 11.8. The molecular weight excluding hydrogens is 338 g/mol. The van der Waals surface area contributed by atoms with E-state index in [1.807, 2.05) is 48.5 Å². The van der Waals surface area contributed by atoms with Crippen LogP contribution in [0.2, 0.25) is 5.02 Å². The van der Waals surface area contributed by atoms with Gasteiger partial charge in [0.2, 0.25) is 0 Å². The van der Waals surface area contributed by atoms with E-state index in [1.54, 1.807) is 11.8 Å². The van der Waals surface area contributed by atoms with E-state index >= 15 is 0 Å². The lowest BCUT2D eigenvalue weighted by Crippen LogP contribution is -2.04. The molecule has 0 atom stereocenters. The predicted molar refractivity (Wildman–Crippen MR) is 100 cm³/mol. The molecule has 0 fully saturated rings. The van der Waals surface area contributed by atoms with E-state index in [9.17, 15) is 0 Å². The summed E-state index contributed by atoms with van der Waals surface area (Å²) < 4.78 is 2.13. The van der Waals surface area contributed by atoms with Crippen LogP contribution < -0.4 is 0 Å². The van der Waals surface area contributed by atoms with Gasteiger partial charge in [-0.05, 0) is 23.3 Å². The van der Waals surface area contributed by atoms with E-state index in [1.165, 1.54) is 11.1 Å². The summed E-state index contributed by atoms with van der Waals surface area (Å²) in [6, 6.07) is 18.2. The van der Waals surface area contributed by atoms with Crippen LogP contribution >= 0.6 is 23.4 Å². The first-order valence-electron chi connectivity index (χ1n) is 7.70. The van der Waals surface area contributed by atoms with Crippen molar-refractivity contribution in [3.05, 3.63) is 89.2 Å². The fraction of sp³-hybridized carbons (Fsp3) is 0.158. The zero-order chi connectivity index (χ0) is 16.8. The number of halogens is 1. The molecular formula is C19H18ClN3S.